The van der Waals surface area contributed by atoms with Crippen molar-refractivity contribution >= 4 is 72.8 Å². The summed E-state index contributed by atoms with van der Waals surface area (Å²) in [5, 5.41) is 13.7. The van der Waals surface area contributed by atoms with E-state index >= 15 is 0 Å². The molecule has 3 heterocycles. The summed E-state index contributed by atoms with van der Waals surface area (Å²) in [6.07, 6.45) is 3.90. The van der Waals surface area contributed by atoms with Crippen molar-refractivity contribution in [3.05, 3.63) is 53.9 Å². The average Bonchev–Trinajstić information content (AvgIpc) is 2.78. The number of hydrogen-bond acceptors (Lipinski definition) is 9. The first-order valence-electron chi connectivity index (χ1n) is 10.2. The van der Waals surface area contributed by atoms with Gasteiger partial charge in [0.15, 0.2) is 27.1 Å². The van der Waals surface area contributed by atoms with Gasteiger partial charge < -0.3 is 10.4 Å². The number of pyridine rings is 2. The third-order valence-electron chi connectivity index (χ3n) is 5.36. The summed E-state index contributed by atoms with van der Waals surface area (Å²) in [5.41, 5.74) is 0.149. The Morgan fingerprint density at radius 3 is 2.62 bits per heavy atom. The van der Waals surface area contributed by atoms with E-state index in [1.165, 1.54) is 16.6 Å². The first kappa shape index (κ1) is 26.7. The van der Waals surface area contributed by atoms with Crippen LogP contribution in [0.5, 0.6) is 5.75 Å². The molecule has 0 bridgehead atoms. The van der Waals surface area contributed by atoms with Gasteiger partial charge in [-0.25, -0.2) is 13.4 Å². The Balaban J connectivity index is 0.00000324. The summed E-state index contributed by atoms with van der Waals surface area (Å²) in [5.74, 6) is -0.867. The Morgan fingerprint density at radius 1 is 1.18 bits per heavy atom. The van der Waals surface area contributed by atoms with E-state index in [9.17, 15) is 27.4 Å². The number of aromatic nitrogens is 2. The number of fused-ring (bicyclic) bond motifs is 1. The molecule has 1 aliphatic rings. The van der Waals surface area contributed by atoms with Crippen LogP contribution in [0.25, 0.3) is 10.9 Å². The molecule has 2 aromatic heterocycles. The van der Waals surface area contributed by atoms with E-state index in [-0.39, 0.29) is 63.8 Å². The van der Waals surface area contributed by atoms with E-state index in [4.69, 9.17) is 0 Å². The number of amides is 1. The van der Waals surface area contributed by atoms with E-state index in [0.717, 1.165) is 6.26 Å². The third kappa shape index (κ3) is 5.33. The Labute approximate surface area is 221 Å². The number of hydrogen-bond donors (Lipinski definition) is 4. The van der Waals surface area contributed by atoms with Gasteiger partial charge >= 0.3 is 29.6 Å². The SMILES string of the molecule is CS(=O)(=O)c1ccccc1CNC(=O)c1nc(N2CCCCS2(O)O)c2cccnc2c1O.[NaH]. The monoisotopic (exact) mass is 516 g/mol. The zero-order valence-corrected chi connectivity index (χ0v) is 19.4. The molecular formula is C21H25N4NaO6S2. The quantitative estimate of drug-likeness (QED) is 0.374. The molecule has 0 unspecified atom stereocenters. The van der Waals surface area contributed by atoms with E-state index in [1.807, 2.05) is 0 Å². The molecule has 13 heteroatoms. The van der Waals surface area contributed by atoms with Gasteiger partial charge in [0.2, 0.25) is 0 Å². The molecule has 10 nitrogen and oxygen atoms in total. The predicted molar refractivity (Wildman–Crippen MR) is 133 cm³/mol. The molecule has 0 aliphatic carbocycles. The van der Waals surface area contributed by atoms with Crippen LogP contribution in [-0.2, 0) is 16.4 Å². The van der Waals surface area contributed by atoms with Crippen molar-refractivity contribution in [3.63, 3.8) is 0 Å². The molecule has 0 saturated carbocycles. The third-order valence-corrected chi connectivity index (χ3v) is 8.46. The number of nitrogens with zero attached hydrogens (tertiary/aromatic N) is 3. The van der Waals surface area contributed by atoms with Gasteiger partial charge in [0.05, 0.1) is 10.6 Å². The minimum atomic E-state index is -3.50. The molecule has 1 saturated heterocycles. The van der Waals surface area contributed by atoms with Crippen molar-refractivity contribution in [3.8, 4) is 5.75 Å². The Kier molecular flexibility index (Phi) is 8.13. The zero-order valence-electron chi connectivity index (χ0n) is 17.8. The molecule has 4 N–H and O–H groups in total. The zero-order chi connectivity index (χ0) is 23.8. The second kappa shape index (κ2) is 10.4. The fourth-order valence-corrected chi connectivity index (χ4v) is 6.37. The average molecular weight is 517 g/mol. The number of sulfone groups is 1. The van der Waals surface area contributed by atoms with E-state index in [2.05, 4.69) is 15.3 Å². The Morgan fingerprint density at radius 2 is 1.91 bits per heavy atom. The fourth-order valence-electron chi connectivity index (χ4n) is 3.78. The van der Waals surface area contributed by atoms with Gasteiger partial charge in [-0.15, -0.1) is 10.8 Å². The summed E-state index contributed by atoms with van der Waals surface area (Å²) in [7, 11) is -6.64. The van der Waals surface area contributed by atoms with E-state index in [1.54, 1.807) is 30.3 Å². The summed E-state index contributed by atoms with van der Waals surface area (Å²) in [4.78, 5) is 21.6. The van der Waals surface area contributed by atoms with Gasteiger partial charge in [0, 0.05) is 30.9 Å². The molecule has 3 aromatic rings. The molecule has 1 aliphatic heterocycles. The second-order valence-electron chi connectivity index (χ2n) is 7.74. The molecular weight excluding hydrogens is 491 g/mol. The maximum atomic E-state index is 13.0. The van der Waals surface area contributed by atoms with Crippen LogP contribution in [-0.4, -0.2) is 86.6 Å². The predicted octanol–water partition coefficient (Wildman–Crippen LogP) is 2.29. The summed E-state index contributed by atoms with van der Waals surface area (Å²) in [6, 6.07) is 9.55. The Hall–Kier alpha value is -1.93. The topological polar surface area (TPSA) is 153 Å². The fraction of sp³-hybridized carbons (Fsp3) is 0.286. The van der Waals surface area contributed by atoms with Gasteiger partial charge in [-0.1, -0.05) is 18.2 Å². The van der Waals surface area contributed by atoms with Crippen LogP contribution in [0.1, 0.15) is 28.9 Å². The number of anilines is 1. The van der Waals surface area contributed by atoms with E-state index < -0.39 is 32.3 Å². The van der Waals surface area contributed by atoms with Crippen LogP contribution in [0.4, 0.5) is 5.82 Å². The molecule has 34 heavy (non-hydrogen) atoms. The van der Waals surface area contributed by atoms with Crippen LogP contribution in [0.2, 0.25) is 0 Å². The van der Waals surface area contributed by atoms with Crippen molar-refractivity contribution in [2.24, 2.45) is 0 Å². The Bertz CT molecular complexity index is 1340. The van der Waals surface area contributed by atoms with Crippen LogP contribution in [0.3, 0.4) is 0 Å². The summed E-state index contributed by atoms with van der Waals surface area (Å²) >= 11 is 0. The number of carbonyl (C=O) groups excluding carboxylic acids is 1. The van der Waals surface area contributed by atoms with Crippen LogP contribution in [0.15, 0.2) is 47.5 Å². The number of benzene rings is 1. The van der Waals surface area contributed by atoms with Gasteiger partial charge in [-0.3, -0.25) is 23.2 Å². The van der Waals surface area contributed by atoms with E-state index in [0.29, 0.717) is 30.3 Å². The first-order chi connectivity index (χ1) is 15.6. The molecule has 0 radical (unpaired) electrons. The first-order valence-corrected chi connectivity index (χ1v) is 13.7. The standard InChI is InChI=1S/C21H24N4O6S2.Na.H/c1-32(28,29)16-9-3-2-7-14(16)13-23-21(27)18-19(26)17-15(8-6-10-22-17)20(24-18)25-11-4-5-12-33(25,30)31;;/h2-3,6-10,26,30-31H,4-5,11-13H2,1H3,(H,23,27);;. The minimum absolute atomic E-state index is 0. The van der Waals surface area contributed by atoms with Crippen molar-refractivity contribution in [1.29, 1.82) is 0 Å². The van der Waals surface area contributed by atoms with Crippen molar-refractivity contribution in [1.82, 2.24) is 15.3 Å². The van der Waals surface area contributed by atoms with Crippen LogP contribution < -0.4 is 9.62 Å². The van der Waals surface area contributed by atoms with Crippen molar-refractivity contribution in [2.75, 3.05) is 22.9 Å². The van der Waals surface area contributed by atoms with Crippen molar-refractivity contribution in [2.45, 2.75) is 24.3 Å². The molecule has 0 spiro atoms. The maximum absolute atomic E-state index is 13.0. The number of nitrogens with one attached hydrogen (secondary N) is 1. The molecule has 178 valence electrons. The summed E-state index contributed by atoms with van der Waals surface area (Å²) in [6.45, 7) is 0.213. The summed E-state index contributed by atoms with van der Waals surface area (Å²) < 4.78 is 46.6. The van der Waals surface area contributed by atoms with Crippen molar-refractivity contribution < 1.29 is 27.4 Å². The van der Waals surface area contributed by atoms with Crippen LogP contribution in [0, 0.1) is 0 Å². The molecule has 1 aromatic carbocycles. The van der Waals surface area contributed by atoms with Gasteiger partial charge in [0.25, 0.3) is 5.91 Å². The molecule has 0 atom stereocenters. The van der Waals surface area contributed by atoms with Gasteiger partial charge in [-0.2, -0.15) is 0 Å². The molecule has 1 fully saturated rings. The number of rotatable bonds is 5. The number of carbonyl (C=O) groups is 1. The van der Waals surface area contributed by atoms with Crippen LogP contribution >= 0.6 is 10.8 Å². The van der Waals surface area contributed by atoms with Gasteiger partial charge in [0.1, 0.15) is 5.52 Å². The second-order valence-corrected chi connectivity index (χ2v) is 11.8. The van der Waals surface area contributed by atoms with Gasteiger partial charge in [-0.05, 0) is 36.6 Å². The molecule has 4 rings (SSSR count). The molecule has 1 amide bonds. The normalized spacial score (nSPS) is 16.5. The number of aromatic hydroxyl groups is 1.